The third kappa shape index (κ3) is 6.12. The zero-order valence-corrected chi connectivity index (χ0v) is 25.5. The van der Waals surface area contributed by atoms with Crippen LogP contribution in [-0.4, -0.2) is 61.2 Å². The Balaban J connectivity index is 0.00000353. The maximum absolute atomic E-state index is 13.7. The summed E-state index contributed by atoms with van der Waals surface area (Å²) in [6.45, 7) is 3.12. The normalized spacial score (nSPS) is 16.1. The van der Waals surface area contributed by atoms with Crippen LogP contribution < -0.4 is 0 Å². The molecule has 0 radical (unpaired) electrons. The Kier molecular flexibility index (Phi) is 9.35. The van der Waals surface area contributed by atoms with Gasteiger partial charge in [-0.25, -0.2) is 8.42 Å². The van der Waals surface area contributed by atoms with E-state index < -0.39 is 10.0 Å². The summed E-state index contributed by atoms with van der Waals surface area (Å²) in [6.07, 6.45) is 0.659. The second-order valence-electron chi connectivity index (χ2n) is 10.6. The molecule has 0 N–H and O–H groups in total. The summed E-state index contributed by atoms with van der Waals surface area (Å²) in [5.41, 5.74) is 4.82. The van der Waals surface area contributed by atoms with Crippen LogP contribution >= 0.6 is 24.0 Å². The molecule has 2 heterocycles. The van der Waals surface area contributed by atoms with E-state index in [0.29, 0.717) is 45.7 Å². The molecule has 0 aromatic heterocycles. The van der Waals surface area contributed by atoms with E-state index in [1.165, 1.54) is 39.2 Å². The molecule has 6 rings (SSSR count). The number of hydrogen-bond donors (Lipinski definition) is 0. The van der Waals surface area contributed by atoms with Gasteiger partial charge in [-0.15, -0.1) is 12.4 Å². The number of amides is 1. The number of hydrogen-bond acceptors (Lipinski definition) is 4. The number of carbonyl (C=O) groups is 1. The molecule has 1 fully saturated rings. The number of carbonyl (C=O) groups excluding carboxylic acids is 1. The van der Waals surface area contributed by atoms with Crippen molar-refractivity contribution < 1.29 is 13.2 Å². The number of halogens is 2. The van der Waals surface area contributed by atoms with Gasteiger partial charge in [0, 0.05) is 39.3 Å². The molecule has 218 valence electrons. The van der Waals surface area contributed by atoms with Crippen LogP contribution in [0.2, 0.25) is 5.02 Å². The van der Waals surface area contributed by atoms with E-state index in [0.717, 1.165) is 5.56 Å². The van der Waals surface area contributed by atoms with Crippen LogP contribution in [0, 0.1) is 0 Å². The number of sulfonamides is 1. The van der Waals surface area contributed by atoms with Crippen molar-refractivity contribution in [2.75, 3.05) is 32.7 Å². The molecule has 2 aliphatic rings. The van der Waals surface area contributed by atoms with Crippen LogP contribution in [0.15, 0.2) is 108 Å². The summed E-state index contributed by atoms with van der Waals surface area (Å²) >= 11 is 6.49. The molecular weight excluding hydrogens is 589 g/mol. The molecule has 0 unspecified atom stereocenters. The fourth-order valence-corrected chi connectivity index (χ4v) is 7.54. The Bertz CT molecular complexity index is 1600. The fraction of sp³-hybridized carbons (Fsp3) is 0.242. The van der Waals surface area contributed by atoms with E-state index in [-0.39, 0.29) is 39.8 Å². The molecule has 6 nitrogen and oxygen atoms in total. The van der Waals surface area contributed by atoms with E-state index in [1.54, 1.807) is 4.90 Å². The topological polar surface area (TPSA) is 60.9 Å². The maximum atomic E-state index is 13.7. The zero-order valence-electron chi connectivity index (χ0n) is 23.1. The monoisotopic (exact) mass is 621 g/mol. The highest BCUT2D eigenvalue weighted by molar-refractivity contribution is 7.89. The Labute approximate surface area is 259 Å². The van der Waals surface area contributed by atoms with Crippen molar-refractivity contribution in [3.63, 3.8) is 0 Å². The van der Waals surface area contributed by atoms with Gasteiger partial charge >= 0.3 is 0 Å². The first-order chi connectivity index (χ1) is 19.9. The highest BCUT2D eigenvalue weighted by Gasteiger charge is 2.32. The number of fused-ring (bicyclic) bond motifs is 1. The molecule has 1 amide bonds. The molecule has 1 saturated heterocycles. The fourth-order valence-electron chi connectivity index (χ4n) is 5.89. The number of rotatable bonds is 6. The highest BCUT2D eigenvalue weighted by atomic mass is 35.5. The minimum Gasteiger partial charge on any atom is -0.336 e. The molecule has 9 heteroatoms. The molecular formula is C33H33Cl2N3O3S. The largest absolute Gasteiger partial charge is 0.336 e. The Morgan fingerprint density at radius 2 is 1.29 bits per heavy atom. The molecule has 0 spiro atoms. The van der Waals surface area contributed by atoms with Crippen molar-refractivity contribution in [1.29, 1.82) is 0 Å². The third-order valence-corrected chi connectivity index (χ3v) is 10.3. The lowest BCUT2D eigenvalue weighted by atomic mass is 9.96. The van der Waals surface area contributed by atoms with E-state index >= 15 is 0 Å². The van der Waals surface area contributed by atoms with E-state index in [2.05, 4.69) is 53.4 Å². The zero-order chi connectivity index (χ0) is 28.4. The van der Waals surface area contributed by atoms with Gasteiger partial charge in [-0.2, -0.15) is 4.31 Å². The van der Waals surface area contributed by atoms with Crippen LogP contribution in [0.3, 0.4) is 0 Å². The predicted molar refractivity (Wildman–Crippen MR) is 169 cm³/mol. The van der Waals surface area contributed by atoms with Crippen molar-refractivity contribution in [3.05, 3.63) is 136 Å². The second-order valence-corrected chi connectivity index (χ2v) is 12.9. The van der Waals surface area contributed by atoms with E-state index in [1.807, 2.05) is 36.4 Å². The first-order valence-corrected chi connectivity index (χ1v) is 15.7. The van der Waals surface area contributed by atoms with Crippen LogP contribution in [0.5, 0.6) is 0 Å². The minimum atomic E-state index is -3.79. The van der Waals surface area contributed by atoms with Crippen molar-refractivity contribution in [2.24, 2.45) is 0 Å². The summed E-state index contributed by atoms with van der Waals surface area (Å²) in [5.74, 6) is -0.244. The molecule has 0 saturated carbocycles. The lowest BCUT2D eigenvalue weighted by Gasteiger charge is -2.40. The molecule has 2 aliphatic heterocycles. The minimum absolute atomic E-state index is 0. The SMILES string of the molecule is Cl.O=C(c1cc(S(=O)(=O)N2CCc3ccccc3C2)ccc1Cl)N1CCN(C(c2ccccc2)c2ccccc2)CC1. The molecule has 4 aromatic carbocycles. The third-order valence-electron chi connectivity index (χ3n) is 8.10. The van der Waals surface area contributed by atoms with Gasteiger partial charge in [0.25, 0.3) is 5.91 Å². The molecule has 0 aliphatic carbocycles. The summed E-state index contributed by atoms with van der Waals surface area (Å²) in [7, 11) is -3.79. The predicted octanol–water partition coefficient (Wildman–Crippen LogP) is 6.06. The average Bonchev–Trinajstić information content (AvgIpc) is 3.02. The van der Waals surface area contributed by atoms with Gasteiger partial charge in [0.05, 0.1) is 21.5 Å². The summed E-state index contributed by atoms with van der Waals surface area (Å²) in [4.78, 5) is 17.9. The lowest BCUT2D eigenvalue weighted by molar-refractivity contribution is 0.0597. The van der Waals surface area contributed by atoms with Gasteiger partial charge in [-0.05, 0) is 46.9 Å². The van der Waals surface area contributed by atoms with Gasteiger partial charge < -0.3 is 4.90 Å². The van der Waals surface area contributed by atoms with Crippen LogP contribution in [0.25, 0.3) is 0 Å². The summed E-state index contributed by atoms with van der Waals surface area (Å²) < 4.78 is 28.7. The van der Waals surface area contributed by atoms with E-state index in [4.69, 9.17) is 11.6 Å². The van der Waals surface area contributed by atoms with Gasteiger partial charge in [0.2, 0.25) is 10.0 Å². The number of nitrogens with zero attached hydrogens (tertiary/aromatic N) is 3. The molecule has 0 bridgehead atoms. The average molecular weight is 623 g/mol. The number of benzene rings is 4. The van der Waals surface area contributed by atoms with E-state index in [9.17, 15) is 13.2 Å². The Hall–Kier alpha value is -3.20. The van der Waals surface area contributed by atoms with Crippen LogP contribution in [0.1, 0.15) is 38.7 Å². The van der Waals surface area contributed by atoms with Gasteiger partial charge in [0.1, 0.15) is 0 Å². The first kappa shape index (κ1) is 30.3. The van der Waals surface area contributed by atoms with Crippen molar-refractivity contribution in [2.45, 2.75) is 23.9 Å². The summed E-state index contributed by atoms with van der Waals surface area (Å²) in [6, 6.07) is 33.3. The maximum Gasteiger partial charge on any atom is 0.255 e. The molecule has 42 heavy (non-hydrogen) atoms. The highest BCUT2D eigenvalue weighted by Crippen LogP contribution is 2.31. The summed E-state index contributed by atoms with van der Waals surface area (Å²) in [5, 5.41) is 0.256. The number of piperazine rings is 1. The second kappa shape index (κ2) is 13.0. The standard InChI is InChI=1S/C33H32ClN3O3S.ClH/c34-31-16-15-29(41(39,40)37-18-17-25-9-7-8-14-28(25)24-37)23-30(31)33(38)36-21-19-35(20-22-36)32(26-10-3-1-4-11-26)27-12-5-2-6-13-27;/h1-16,23,32H,17-22,24H2;1H. The van der Waals surface area contributed by atoms with Crippen molar-refractivity contribution in [1.82, 2.24) is 14.1 Å². The quantitative estimate of drug-likeness (QED) is 0.263. The van der Waals surface area contributed by atoms with Gasteiger partial charge in [-0.1, -0.05) is 96.5 Å². The Morgan fingerprint density at radius 3 is 1.90 bits per heavy atom. The van der Waals surface area contributed by atoms with Crippen molar-refractivity contribution in [3.8, 4) is 0 Å². The lowest BCUT2D eigenvalue weighted by Crippen LogP contribution is -2.50. The Morgan fingerprint density at radius 1 is 0.714 bits per heavy atom. The van der Waals surface area contributed by atoms with Gasteiger partial charge in [-0.3, -0.25) is 9.69 Å². The first-order valence-electron chi connectivity index (χ1n) is 13.9. The molecule has 4 aromatic rings. The van der Waals surface area contributed by atoms with Crippen molar-refractivity contribution >= 4 is 39.9 Å². The smallest absolute Gasteiger partial charge is 0.255 e. The van der Waals surface area contributed by atoms with Crippen LogP contribution in [-0.2, 0) is 23.0 Å². The van der Waals surface area contributed by atoms with Crippen LogP contribution in [0.4, 0.5) is 0 Å². The molecule has 0 atom stereocenters. The van der Waals surface area contributed by atoms with Gasteiger partial charge in [0.15, 0.2) is 0 Å².